The normalized spacial score (nSPS) is 34.8. The van der Waals surface area contributed by atoms with Gasteiger partial charge < -0.3 is 0 Å². The summed E-state index contributed by atoms with van der Waals surface area (Å²) in [4.78, 5) is 11.5. The molecule has 0 heterocycles. The molecule has 2 atom stereocenters. The van der Waals surface area contributed by atoms with Crippen LogP contribution in [-0.2, 0) is 4.79 Å². The van der Waals surface area contributed by atoms with E-state index in [0.29, 0.717) is 17.6 Å². The average Bonchev–Trinajstić information content (AvgIpc) is 2.20. The Balaban J connectivity index is 2.17. The van der Waals surface area contributed by atoms with Gasteiger partial charge in [0.2, 0.25) is 0 Å². The Morgan fingerprint density at radius 1 is 1.31 bits per heavy atom. The summed E-state index contributed by atoms with van der Waals surface area (Å²) >= 11 is 0. The van der Waals surface area contributed by atoms with Crippen molar-refractivity contribution in [2.24, 2.45) is 11.8 Å². The molecule has 2 aliphatic rings. The lowest BCUT2D eigenvalue weighted by atomic mass is 9.82. The van der Waals surface area contributed by atoms with Crippen LogP contribution < -0.4 is 0 Å². The van der Waals surface area contributed by atoms with Crippen molar-refractivity contribution in [1.82, 2.24) is 0 Å². The molecule has 0 aromatic heterocycles. The summed E-state index contributed by atoms with van der Waals surface area (Å²) in [7, 11) is 0. The monoisotopic (exact) mass is 178 g/mol. The maximum Gasteiger partial charge on any atom is 0.134 e. The molecule has 0 radical (unpaired) electrons. The van der Waals surface area contributed by atoms with Gasteiger partial charge in [0.1, 0.15) is 5.78 Å². The third kappa shape index (κ3) is 2.01. The molecule has 1 saturated carbocycles. The Kier molecular flexibility index (Phi) is 2.52. The van der Waals surface area contributed by atoms with Gasteiger partial charge in [-0.05, 0) is 31.1 Å². The molecule has 0 unspecified atom stereocenters. The van der Waals surface area contributed by atoms with E-state index in [4.69, 9.17) is 0 Å². The zero-order valence-corrected chi connectivity index (χ0v) is 8.38. The highest BCUT2D eigenvalue weighted by molar-refractivity contribution is 5.80. The van der Waals surface area contributed by atoms with Crippen LogP contribution in [0, 0.1) is 11.8 Å². The zero-order valence-electron chi connectivity index (χ0n) is 8.38. The van der Waals surface area contributed by atoms with Crippen molar-refractivity contribution in [3.05, 3.63) is 11.6 Å². The van der Waals surface area contributed by atoms with E-state index in [0.717, 1.165) is 12.8 Å². The van der Waals surface area contributed by atoms with Crippen LogP contribution in [0.25, 0.3) is 0 Å². The van der Waals surface area contributed by atoms with Gasteiger partial charge in [0.25, 0.3) is 0 Å². The van der Waals surface area contributed by atoms with Crippen LogP contribution in [-0.4, -0.2) is 5.78 Å². The highest BCUT2D eigenvalue weighted by Gasteiger charge is 2.25. The number of carbonyl (C=O) groups is 1. The molecule has 0 aromatic carbocycles. The molecule has 13 heavy (non-hydrogen) atoms. The van der Waals surface area contributed by atoms with Crippen LogP contribution >= 0.6 is 0 Å². The minimum atomic E-state index is 0.477. The van der Waals surface area contributed by atoms with Crippen molar-refractivity contribution in [3.8, 4) is 0 Å². The Morgan fingerprint density at radius 3 is 3.00 bits per heavy atom. The van der Waals surface area contributed by atoms with E-state index >= 15 is 0 Å². The summed E-state index contributed by atoms with van der Waals surface area (Å²) in [6, 6.07) is 0. The Bertz CT molecular complexity index is 240. The maximum atomic E-state index is 11.5. The molecule has 1 fully saturated rings. The van der Waals surface area contributed by atoms with Crippen LogP contribution in [0.5, 0.6) is 0 Å². The third-order valence-corrected chi connectivity index (χ3v) is 3.31. The van der Waals surface area contributed by atoms with Crippen LogP contribution in [0.3, 0.4) is 0 Å². The fraction of sp³-hybridized carbons (Fsp3) is 0.750. The predicted molar refractivity (Wildman–Crippen MR) is 53.4 cm³/mol. The van der Waals surface area contributed by atoms with Gasteiger partial charge in [-0.1, -0.05) is 25.0 Å². The number of fused-ring (bicyclic) bond motifs is 1. The summed E-state index contributed by atoms with van der Waals surface area (Å²) in [6.45, 7) is 2.17. The van der Waals surface area contributed by atoms with Crippen LogP contribution in [0.2, 0.25) is 0 Å². The average molecular weight is 178 g/mol. The fourth-order valence-corrected chi connectivity index (χ4v) is 2.70. The topological polar surface area (TPSA) is 17.1 Å². The molecular formula is C12H18O. The van der Waals surface area contributed by atoms with Gasteiger partial charge in [-0.15, -0.1) is 0 Å². The van der Waals surface area contributed by atoms with Gasteiger partial charge in [-0.3, -0.25) is 4.79 Å². The van der Waals surface area contributed by atoms with Crippen molar-refractivity contribution >= 4 is 5.78 Å². The number of hydrogen-bond donors (Lipinski definition) is 0. The fourth-order valence-electron chi connectivity index (χ4n) is 2.70. The number of Topliss-reactive ketones (excluding diaryl/α,β-unsaturated/α-hetero) is 1. The predicted octanol–water partition coefficient (Wildman–Crippen LogP) is 3.10. The van der Waals surface area contributed by atoms with Crippen molar-refractivity contribution in [2.75, 3.05) is 0 Å². The quantitative estimate of drug-likeness (QED) is 0.521. The smallest absolute Gasteiger partial charge is 0.134 e. The number of carbonyl (C=O) groups excluding carboxylic acids is 1. The molecule has 1 heteroatoms. The Morgan fingerprint density at radius 2 is 2.15 bits per heavy atom. The molecule has 0 amide bonds. The van der Waals surface area contributed by atoms with E-state index < -0.39 is 0 Å². The second-order valence-corrected chi connectivity index (χ2v) is 4.61. The SMILES string of the molecule is C[C@H]1C=C2CCCC[C@H]2CC(=O)C1. The molecule has 72 valence electrons. The Labute approximate surface area is 80.2 Å². The molecule has 0 spiro atoms. The van der Waals surface area contributed by atoms with E-state index in [1.807, 2.05) is 0 Å². The van der Waals surface area contributed by atoms with E-state index in [1.165, 1.54) is 25.7 Å². The summed E-state index contributed by atoms with van der Waals surface area (Å²) < 4.78 is 0. The second kappa shape index (κ2) is 3.65. The Hall–Kier alpha value is -0.590. The molecule has 0 bridgehead atoms. The molecule has 0 saturated heterocycles. The minimum Gasteiger partial charge on any atom is -0.300 e. The van der Waals surface area contributed by atoms with E-state index in [2.05, 4.69) is 13.0 Å². The van der Waals surface area contributed by atoms with E-state index in [1.54, 1.807) is 5.57 Å². The van der Waals surface area contributed by atoms with Crippen LogP contribution in [0.1, 0.15) is 45.4 Å². The second-order valence-electron chi connectivity index (χ2n) is 4.61. The minimum absolute atomic E-state index is 0.477. The summed E-state index contributed by atoms with van der Waals surface area (Å²) in [5, 5.41) is 0. The maximum absolute atomic E-state index is 11.5. The van der Waals surface area contributed by atoms with Gasteiger partial charge in [0.05, 0.1) is 0 Å². The molecule has 0 aromatic rings. The molecular weight excluding hydrogens is 160 g/mol. The number of rotatable bonds is 0. The first-order valence-corrected chi connectivity index (χ1v) is 5.48. The first-order chi connectivity index (χ1) is 6.25. The molecule has 1 nitrogen and oxygen atoms in total. The zero-order chi connectivity index (χ0) is 9.26. The number of allylic oxidation sites excluding steroid dienone is 2. The molecule has 2 aliphatic carbocycles. The largest absolute Gasteiger partial charge is 0.300 e. The first-order valence-electron chi connectivity index (χ1n) is 5.48. The first kappa shape index (κ1) is 8.98. The van der Waals surface area contributed by atoms with Crippen molar-refractivity contribution in [1.29, 1.82) is 0 Å². The highest BCUT2D eigenvalue weighted by Crippen LogP contribution is 2.35. The third-order valence-electron chi connectivity index (χ3n) is 3.31. The molecule has 2 rings (SSSR count). The highest BCUT2D eigenvalue weighted by atomic mass is 16.1. The lowest BCUT2D eigenvalue weighted by Crippen LogP contribution is -2.12. The standard InChI is InChI=1S/C12H18O/c1-9-6-10-4-2-3-5-11(10)8-12(13)7-9/h6,9,11H,2-5,7-8H2,1H3/t9-,11-/m0/s1. The summed E-state index contributed by atoms with van der Waals surface area (Å²) in [5.41, 5.74) is 1.59. The van der Waals surface area contributed by atoms with Crippen molar-refractivity contribution in [2.45, 2.75) is 45.4 Å². The lowest BCUT2D eigenvalue weighted by Gasteiger charge is -2.23. The van der Waals surface area contributed by atoms with Crippen molar-refractivity contribution in [3.63, 3.8) is 0 Å². The molecule has 0 aliphatic heterocycles. The van der Waals surface area contributed by atoms with Gasteiger partial charge in [0.15, 0.2) is 0 Å². The van der Waals surface area contributed by atoms with Gasteiger partial charge in [0, 0.05) is 12.8 Å². The lowest BCUT2D eigenvalue weighted by molar-refractivity contribution is -0.120. The number of ketones is 1. The van der Waals surface area contributed by atoms with E-state index in [-0.39, 0.29) is 0 Å². The van der Waals surface area contributed by atoms with Gasteiger partial charge in [-0.25, -0.2) is 0 Å². The summed E-state index contributed by atoms with van der Waals surface area (Å²) in [6.07, 6.45) is 9.14. The number of hydrogen-bond acceptors (Lipinski definition) is 1. The summed E-state index contributed by atoms with van der Waals surface area (Å²) in [5.74, 6) is 1.59. The van der Waals surface area contributed by atoms with Gasteiger partial charge in [-0.2, -0.15) is 0 Å². The molecule has 0 N–H and O–H groups in total. The van der Waals surface area contributed by atoms with Crippen LogP contribution in [0.15, 0.2) is 11.6 Å². The van der Waals surface area contributed by atoms with Gasteiger partial charge >= 0.3 is 0 Å². The van der Waals surface area contributed by atoms with E-state index in [9.17, 15) is 4.79 Å². The van der Waals surface area contributed by atoms with Crippen molar-refractivity contribution < 1.29 is 4.79 Å². The van der Waals surface area contributed by atoms with Crippen LogP contribution in [0.4, 0.5) is 0 Å².